The third-order valence-electron chi connectivity index (χ3n) is 4.98. The summed E-state index contributed by atoms with van der Waals surface area (Å²) in [7, 11) is 1.48. The van der Waals surface area contributed by atoms with Crippen molar-refractivity contribution in [1.29, 1.82) is 5.41 Å². The maximum absolute atomic E-state index is 13.1. The van der Waals surface area contributed by atoms with Gasteiger partial charge in [-0.3, -0.25) is 4.79 Å². The van der Waals surface area contributed by atoms with Crippen LogP contribution >= 0.6 is 0 Å². The van der Waals surface area contributed by atoms with E-state index in [-0.39, 0.29) is 11.8 Å². The number of ether oxygens (including phenoxy) is 1. The number of anilines is 2. The standard InChI is InChI=1S/C24H21N5O3/c1-14-21(22(29-32-14)15-6-4-3-5-7-15)23(30)27-20-11-10-19(28-24(20)31-2)16-8-9-17(13-25)18(26)12-16/h3-13,25H,26H2,1-2H3,(H,27,30). The molecule has 0 fully saturated rings. The Labute approximate surface area is 184 Å². The number of aryl methyl sites for hydroxylation is 1. The average molecular weight is 427 g/mol. The molecule has 2 aromatic carbocycles. The van der Waals surface area contributed by atoms with Crippen molar-refractivity contribution in [3.05, 3.63) is 77.6 Å². The first-order valence-electron chi connectivity index (χ1n) is 9.80. The summed E-state index contributed by atoms with van der Waals surface area (Å²) in [5.41, 5.74) is 10.5. The maximum atomic E-state index is 13.1. The Bertz CT molecular complexity index is 1300. The van der Waals surface area contributed by atoms with Crippen LogP contribution in [0.1, 0.15) is 21.7 Å². The van der Waals surface area contributed by atoms with E-state index < -0.39 is 0 Å². The molecule has 0 spiro atoms. The third-order valence-corrected chi connectivity index (χ3v) is 4.98. The second kappa shape index (κ2) is 8.73. The van der Waals surface area contributed by atoms with E-state index in [4.69, 9.17) is 20.4 Å². The fraction of sp³-hybridized carbons (Fsp3) is 0.0833. The Morgan fingerprint density at radius 1 is 1.12 bits per heavy atom. The van der Waals surface area contributed by atoms with E-state index >= 15 is 0 Å². The van der Waals surface area contributed by atoms with Crippen molar-refractivity contribution in [2.45, 2.75) is 6.92 Å². The van der Waals surface area contributed by atoms with Crippen LogP contribution in [0.5, 0.6) is 5.88 Å². The van der Waals surface area contributed by atoms with Crippen LogP contribution in [0.4, 0.5) is 11.4 Å². The van der Waals surface area contributed by atoms with Gasteiger partial charge < -0.3 is 25.7 Å². The number of benzene rings is 2. The number of hydrogen-bond donors (Lipinski definition) is 3. The Hall–Kier alpha value is -4.46. The van der Waals surface area contributed by atoms with Crippen LogP contribution in [0.3, 0.4) is 0 Å². The highest BCUT2D eigenvalue weighted by Crippen LogP contribution is 2.31. The molecule has 4 aromatic rings. The molecule has 1 amide bonds. The number of hydrogen-bond acceptors (Lipinski definition) is 7. The highest BCUT2D eigenvalue weighted by Gasteiger charge is 2.23. The van der Waals surface area contributed by atoms with Gasteiger partial charge >= 0.3 is 0 Å². The van der Waals surface area contributed by atoms with E-state index in [0.717, 1.165) is 11.1 Å². The van der Waals surface area contributed by atoms with Gasteiger partial charge in [0.05, 0.1) is 12.8 Å². The molecule has 2 heterocycles. The molecule has 0 saturated heterocycles. The smallest absolute Gasteiger partial charge is 0.261 e. The summed E-state index contributed by atoms with van der Waals surface area (Å²) in [5, 5.41) is 14.3. The zero-order valence-electron chi connectivity index (χ0n) is 17.5. The molecular weight excluding hydrogens is 406 g/mol. The van der Waals surface area contributed by atoms with Crippen LogP contribution in [0, 0.1) is 12.3 Å². The Morgan fingerprint density at radius 3 is 2.59 bits per heavy atom. The van der Waals surface area contributed by atoms with Crippen molar-refractivity contribution in [2.24, 2.45) is 0 Å². The maximum Gasteiger partial charge on any atom is 0.261 e. The molecule has 4 N–H and O–H groups in total. The van der Waals surface area contributed by atoms with Crippen molar-refractivity contribution in [2.75, 3.05) is 18.2 Å². The zero-order chi connectivity index (χ0) is 22.7. The van der Waals surface area contributed by atoms with Crippen molar-refractivity contribution < 1.29 is 14.1 Å². The first-order chi connectivity index (χ1) is 15.5. The first-order valence-corrected chi connectivity index (χ1v) is 9.80. The van der Waals surface area contributed by atoms with Crippen molar-refractivity contribution in [3.8, 4) is 28.4 Å². The molecule has 2 aromatic heterocycles. The van der Waals surface area contributed by atoms with Gasteiger partial charge in [0.2, 0.25) is 5.88 Å². The molecule has 8 nitrogen and oxygen atoms in total. The molecule has 0 aliphatic heterocycles. The minimum atomic E-state index is -0.380. The van der Waals surface area contributed by atoms with Crippen molar-refractivity contribution in [3.63, 3.8) is 0 Å². The molecule has 8 heteroatoms. The summed E-state index contributed by atoms with van der Waals surface area (Å²) in [5.74, 6) is 0.280. The van der Waals surface area contributed by atoms with E-state index in [0.29, 0.717) is 39.6 Å². The summed E-state index contributed by atoms with van der Waals surface area (Å²) >= 11 is 0. The molecule has 0 atom stereocenters. The van der Waals surface area contributed by atoms with Crippen LogP contribution in [0.2, 0.25) is 0 Å². The summed E-state index contributed by atoms with van der Waals surface area (Å²) < 4.78 is 10.7. The quantitative estimate of drug-likeness (QED) is 0.306. The molecule has 0 unspecified atom stereocenters. The number of methoxy groups -OCH3 is 1. The monoisotopic (exact) mass is 427 g/mol. The van der Waals surface area contributed by atoms with Crippen LogP contribution in [-0.2, 0) is 0 Å². The van der Waals surface area contributed by atoms with Gasteiger partial charge in [0.25, 0.3) is 5.91 Å². The number of pyridine rings is 1. The fourth-order valence-corrected chi connectivity index (χ4v) is 3.33. The van der Waals surface area contributed by atoms with Crippen LogP contribution in [0.25, 0.3) is 22.5 Å². The van der Waals surface area contributed by atoms with Gasteiger partial charge in [0, 0.05) is 28.6 Å². The predicted molar refractivity (Wildman–Crippen MR) is 123 cm³/mol. The number of carbonyl (C=O) groups excluding carboxylic acids is 1. The van der Waals surface area contributed by atoms with Crippen molar-refractivity contribution >= 4 is 23.5 Å². The molecule has 32 heavy (non-hydrogen) atoms. The van der Waals surface area contributed by atoms with Crippen LogP contribution < -0.4 is 15.8 Å². The van der Waals surface area contributed by atoms with Crippen molar-refractivity contribution in [1.82, 2.24) is 10.1 Å². The number of amides is 1. The molecule has 0 aliphatic carbocycles. The fourth-order valence-electron chi connectivity index (χ4n) is 3.33. The van der Waals surface area contributed by atoms with Gasteiger partial charge in [-0.25, -0.2) is 4.98 Å². The third kappa shape index (κ3) is 3.93. The van der Waals surface area contributed by atoms with Gasteiger partial charge in [-0.2, -0.15) is 0 Å². The SMILES string of the molecule is COc1nc(-c2ccc(C=N)c(N)c2)ccc1NC(=O)c1c(-c2ccccc2)noc1C. The van der Waals surface area contributed by atoms with E-state index in [1.54, 1.807) is 31.2 Å². The number of rotatable bonds is 6. The molecule has 0 radical (unpaired) electrons. The summed E-state index contributed by atoms with van der Waals surface area (Å²) in [6, 6.07) is 18.1. The summed E-state index contributed by atoms with van der Waals surface area (Å²) in [4.78, 5) is 17.6. The van der Waals surface area contributed by atoms with E-state index in [1.807, 2.05) is 36.4 Å². The van der Waals surface area contributed by atoms with Gasteiger partial charge in [-0.05, 0) is 25.1 Å². The second-order valence-corrected chi connectivity index (χ2v) is 7.02. The number of nitrogens with one attached hydrogen (secondary N) is 2. The largest absolute Gasteiger partial charge is 0.479 e. The number of aromatic nitrogens is 2. The highest BCUT2D eigenvalue weighted by molar-refractivity contribution is 6.09. The summed E-state index contributed by atoms with van der Waals surface area (Å²) in [6.45, 7) is 1.69. The lowest BCUT2D eigenvalue weighted by atomic mass is 10.1. The summed E-state index contributed by atoms with van der Waals surface area (Å²) in [6.07, 6.45) is 1.20. The Kier molecular flexibility index (Phi) is 5.67. The normalized spacial score (nSPS) is 10.6. The lowest BCUT2D eigenvalue weighted by Crippen LogP contribution is -2.14. The minimum Gasteiger partial charge on any atom is -0.479 e. The van der Waals surface area contributed by atoms with E-state index in [9.17, 15) is 4.79 Å². The molecule has 4 rings (SSSR count). The van der Waals surface area contributed by atoms with Gasteiger partial charge in [0.15, 0.2) is 0 Å². The van der Waals surface area contributed by atoms with Gasteiger partial charge in [0.1, 0.15) is 22.7 Å². The van der Waals surface area contributed by atoms with Gasteiger partial charge in [-0.1, -0.05) is 47.6 Å². The zero-order valence-corrected chi connectivity index (χ0v) is 17.5. The second-order valence-electron chi connectivity index (χ2n) is 7.02. The van der Waals surface area contributed by atoms with Crippen LogP contribution in [0.15, 0.2) is 65.2 Å². The molecule has 0 aliphatic rings. The predicted octanol–water partition coefficient (Wildman–Crippen LogP) is 4.55. The van der Waals surface area contributed by atoms with E-state index in [2.05, 4.69) is 15.5 Å². The molecular formula is C24H21N5O3. The topological polar surface area (TPSA) is 127 Å². The molecule has 160 valence electrons. The lowest BCUT2D eigenvalue weighted by Gasteiger charge is -2.12. The number of nitrogen functional groups attached to an aromatic ring is 1. The highest BCUT2D eigenvalue weighted by atomic mass is 16.5. The molecule has 0 saturated carbocycles. The number of carbonyl (C=O) groups is 1. The van der Waals surface area contributed by atoms with Crippen LogP contribution in [-0.4, -0.2) is 29.4 Å². The number of nitrogens with two attached hydrogens (primary N) is 1. The average Bonchev–Trinajstić information content (AvgIpc) is 3.21. The Balaban J connectivity index is 1.65. The number of nitrogens with zero attached hydrogens (tertiary/aromatic N) is 2. The minimum absolute atomic E-state index is 0.251. The first kappa shape index (κ1) is 20.8. The lowest BCUT2D eigenvalue weighted by molar-refractivity contribution is 0.102. The molecule has 0 bridgehead atoms. The van der Waals surface area contributed by atoms with Gasteiger partial charge in [-0.15, -0.1) is 0 Å². The Morgan fingerprint density at radius 2 is 1.91 bits per heavy atom. The van der Waals surface area contributed by atoms with E-state index in [1.165, 1.54) is 13.3 Å².